The number of rotatable bonds is 2. The number of piperazine rings is 1. The second-order valence-corrected chi connectivity index (χ2v) is 7.80. The second kappa shape index (κ2) is 6.55. The Morgan fingerprint density at radius 3 is 2.25 bits per heavy atom. The van der Waals surface area contributed by atoms with Gasteiger partial charge in [-0.15, -0.1) is 0 Å². The Balaban J connectivity index is 2.02. The van der Waals surface area contributed by atoms with E-state index < -0.39 is 11.2 Å². The van der Waals surface area contributed by atoms with Gasteiger partial charge in [0, 0.05) is 43.6 Å². The van der Waals surface area contributed by atoms with E-state index in [0.29, 0.717) is 31.1 Å². The molecule has 1 aromatic rings. The molecule has 24 heavy (non-hydrogen) atoms. The van der Waals surface area contributed by atoms with Gasteiger partial charge in [0.25, 0.3) is 0 Å². The van der Waals surface area contributed by atoms with Crippen LogP contribution < -0.4 is 4.90 Å². The van der Waals surface area contributed by atoms with Gasteiger partial charge in [-0.05, 0) is 41.5 Å². The van der Waals surface area contributed by atoms with E-state index in [1.54, 1.807) is 31.1 Å². The number of hydrogen-bond donors (Lipinski definition) is 1. The topological polar surface area (TPSA) is 78.8 Å². The molecule has 7 nitrogen and oxygen atoms in total. The number of ether oxygens (including phenoxy) is 1. The quantitative estimate of drug-likeness (QED) is 0.891. The third-order valence-electron chi connectivity index (χ3n) is 3.88. The first kappa shape index (κ1) is 18.4. The minimum absolute atomic E-state index is 0.0826. The lowest BCUT2D eigenvalue weighted by Gasteiger charge is -2.40. The molecule has 1 aromatic heterocycles. The van der Waals surface area contributed by atoms with E-state index in [1.807, 2.05) is 27.7 Å². The largest absolute Gasteiger partial charge is 0.444 e. The zero-order chi connectivity index (χ0) is 18.1. The molecule has 1 saturated heterocycles. The number of carbonyl (C=O) groups excluding carboxylic acids is 1. The van der Waals surface area contributed by atoms with Crippen molar-refractivity contribution in [2.45, 2.75) is 58.8 Å². The van der Waals surface area contributed by atoms with Gasteiger partial charge in [0.15, 0.2) is 0 Å². The molecular weight excluding hydrogens is 308 g/mol. The molecule has 0 aliphatic carbocycles. The van der Waals surface area contributed by atoms with E-state index >= 15 is 0 Å². The maximum Gasteiger partial charge on any atom is 0.410 e. The highest BCUT2D eigenvalue weighted by Crippen LogP contribution is 2.21. The summed E-state index contributed by atoms with van der Waals surface area (Å²) in [6.45, 7) is 12.8. The Kier molecular flexibility index (Phi) is 5.03. The van der Waals surface area contributed by atoms with Crippen LogP contribution in [0.5, 0.6) is 0 Å². The maximum absolute atomic E-state index is 12.2. The summed E-state index contributed by atoms with van der Waals surface area (Å²) in [7, 11) is 0. The first-order valence-corrected chi connectivity index (χ1v) is 8.27. The number of aliphatic hydroxyl groups is 1. The Bertz CT molecular complexity index is 575. The summed E-state index contributed by atoms with van der Waals surface area (Å²) in [6.07, 6.45) is 3.01. The molecule has 0 spiro atoms. The third-order valence-corrected chi connectivity index (χ3v) is 3.88. The molecule has 1 amide bonds. The van der Waals surface area contributed by atoms with Crippen LogP contribution in [-0.2, 0) is 10.3 Å². The molecule has 1 fully saturated rings. The van der Waals surface area contributed by atoms with Crippen LogP contribution in [0.2, 0.25) is 0 Å². The van der Waals surface area contributed by atoms with Crippen molar-refractivity contribution in [3.63, 3.8) is 0 Å². The lowest BCUT2D eigenvalue weighted by molar-refractivity contribution is 0.0217. The number of amides is 1. The highest BCUT2D eigenvalue weighted by molar-refractivity contribution is 5.68. The van der Waals surface area contributed by atoms with Crippen LogP contribution in [0.25, 0.3) is 0 Å². The normalized spacial score (nSPS) is 19.4. The van der Waals surface area contributed by atoms with Crippen LogP contribution in [0.4, 0.5) is 10.7 Å². The van der Waals surface area contributed by atoms with Crippen molar-refractivity contribution in [2.24, 2.45) is 0 Å². The zero-order valence-electron chi connectivity index (χ0n) is 15.4. The van der Waals surface area contributed by atoms with E-state index in [2.05, 4.69) is 14.9 Å². The molecule has 1 N–H and O–H groups in total. The minimum atomic E-state index is -0.959. The number of aromatic nitrogens is 2. The summed E-state index contributed by atoms with van der Waals surface area (Å²) in [5.41, 5.74) is -0.779. The minimum Gasteiger partial charge on any atom is -0.444 e. The van der Waals surface area contributed by atoms with Gasteiger partial charge >= 0.3 is 6.09 Å². The van der Waals surface area contributed by atoms with Gasteiger partial charge in [-0.25, -0.2) is 14.8 Å². The van der Waals surface area contributed by atoms with Gasteiger partial charge in [-0.2, -0.15) is 0 Å². The molecule has 2 heterocycles. The molecule has 0 bridgehead atoms. The molecular formula is C17H28N4O3. The van der Waals surface area contributed by atoms with Crippen LogP contribution >= 0.6 is 0 Å². The molecule has 134 valence electrons. The van der Waals surface area contributed by atoms with Gasteiger partial charge in [-0.1, -0.05) is 0 Å². The van der Waals surface area contributed by atoms with Crippen molar-refractivity contribution in [1.29, 1.82) is 0 Å². The van der Waals surface area contributed by atoms with Crippen molar-refractivity contribution < 1.29 is 14.6 Å². The summed E-state index contributed by atoms with van der Waals surface area (Å²) < 4.78 is 5.43. The van der Waals surface area contributed by atoms with E-state index in [4.69, 9.17) is 4.74 Å². The monoisotopic (exact) mass is 336 g/mol. The van der Waals surface area contributed by atoms with E-state index in [1.165, 1.54) is 0 Å². The highest BCUT2D eigenvalue weighted by atomic mass is 16.6. The lowest BCUT2D eigenvalue weighted by atomic mass is 10.0. The van der Waals surface area contributed by atoms with Crippen molar-refractivity contribution >= 4 is 12.0 Å². The molecule has 1 aliphatic heterocycles. The molecule has 2 rings (SSSR count). The van der Waals surface area contributed by atoms with Crippen LogP contribution in [-0.4, -0.2) is 57.3 Å². The fourth-order valence-corrected chi connectivity index (χ4v) is 2.53. The predicted octanol–water partition coefficient (Wildman–Crippen LogP) is 2.15. The SMILES string of the molecule is C[C@H]1CN(C(=O)OC(C)(C)C)CCN1c1ncc(C(C)(C)O)cn1. The van der Waals surface area contributed by atoms with Crippen molar-refractivity contribution in [1.82, 2.24) is 14.9 Å². The lowest BCUT2D eigenvalue weighted by Crippen LogP contribution is -2.55. The fourth-order valence-electron chi connectivity index (χ4n) is 2.53. The summed E-state index contributed by atoms with van der Waals surface area (Å²) >= 11 is 0. The number of carbonyl (C=O) groups is 1. The average Bonchev–Trinajstić information content (AvgIpc) is 2.44. The molecule has 1 atom stereocenters. The van der Waals surface area contributed by atoms with Gasteiger partial charge in [0.05, 0.1) is 5.60 Å². The Hall–Kier alpha value is -1.89. The van der Waals surface area contributed by atoms with Gasteiger partial charge in [0.2, 0.25) is 5.95 Å². The van der Waals surface area contributed by atoms with Crippen molar-refractivity contribution in [2.75, 3.05) is 24.5 Å². The number of anilines is 1. The van der Waals surface area contributed by atoms with Crippen LogP contribution in [0.1, 0.15) is 47.1 Å². The van der Waals surface area contributed by atoms with Crippen LogP contribution in [0.3, 0.4) is 0 Å². The van der Waals surface area contributed by atoms with Gasteiger partial charge < -0.3 is 19.6 Å². The number of hydrogen-bond acceptors (Lipinski definition) is 6. The van der Waals surface area contributed by atoms with E-state index in [9.17, 15) is 9.90 Å². The van der Waals surface area contributed by atoms with Crippen molar-refractivity contribution in [3.05, 3.63) is 18.0 Å². The molecule has 7 heteroatoms. The zero-order valence-corrected chi connectivity index (χ0v) is 15.4. The third kappa shape index (κ3) is 4.56. The molecule has 0 radical (unpaired) electrons. The summed E-state index contributed by atoms with van der Waals surface area (Å²) in [6, 6.07) is 0.0826. The van der Waals surface area contributed by atoms with E-state index in [0.717, 1.165) is 0 Å². The molecule has 0 saturated carbocycles. The summed E-state index contributed by atoms with van der Waals surface area (Å²) in [5, 5.41) is 9.98. The maximum atomic E-state index is 12.2. The van der Waals surface area contributed by atoms with Gasteiger partial charge in [0.1, 0.15) is 5.60 Å². The Labute approximate surface area is 143 Å². The smallest absolute Gasteiger partial charge is 0.410 e. The fraction of sp³-hybridized carbons (Fsp3) is 0.706. The molecule has 0 aromatic carbocycles. The van der Waals surface area contributed by atoms with Crippen LogP contribution in [0, 0.1) is 0 Å². The average molecular weight is 336 g/mol. The first-order valence-electron chi connectivity index (χ1n) is 8.27. The number of nitrogens with zero attached hydrogens (tertiary/aromatic N) is 4. The first-order chi connectivity index (χ1) is 11.0. The van der Waals surface area contributed by atoms with Crippen molar-refractivity contribution in [3.8, 4) is 0 Å². The second-order valence-electron chi connectivity index (χ2n) is 7.80. The summed E-state index contributed by atoms with van der Waals surface area (Å²) in [5.74, 6) is 0.610. The van der Waals surface area contributed by atoms with Gasteiger partial charge in [-0.3, -0.25) is 0 Å². The predicted molar refractivity (Wildman–Crippen MR) is 91.9 cm³/mol. The Morgan fingerprint density at radius 2 is 1.79 bits per heavy atom. The Morgan fingerprint density at radius 1 is 1.21 bits per heavy atom. The highest BCUT2D eigenvalue weighted by Gasteiger charge is 2.31. The standard InChI is InChI=1S/C17H28N4O3/c1-12-11-20(15(22)24-16(2,3)4)7-8-21(12)14-18-9-13(10-19-14)17(5,6)23/h9-10,12,23H,7-8,11H2,1-6H3/t12-/m0/s1. The summed E-state index contributed by atoms with van der Waals surface area (Å²) in [4.78, 5) is 24.7. The van der Waals surface area contributed by atoms with Crippen LogP contribution in [0.15, 0.2) is 12.4 Å². The molecule has 0 unspecified atom stereocenters. The molecule has 1 aliphatic rings. The van der Waals surface area contributed by atoms with E-state index in [-0.39, 0.29) is 12.1 Å².